The van der Waals surface area contributed by atoms with Crippen LogP contribution in [0, 0.1) is 25.5 Å². The first-order valence-corrected chi connectivity index (χ1v) is 6.54. The number of hydrazine groups is 1. The molecule has 0 fully saturated rings. The van der Waals surface area contributed by atoms with E-state index >= 15 is 0 Å². The minimum atomic E-state index is -0.902. The van der Waals surface area contributed by atoms with E-state index in [1.165, 1.54) is 26.2 Å². The Morgan fingerprint density at radius 1 is 1.05 bits per heavy atom. The largest absolute Gasteiger partial charge is 0.496 e. The summed E-state index contributed by atoms with van der Waals surface area (Å²) in [4.78, 5) is 0. The third-order valence-electron chi connectivity index (χ3n) is 3.48. The van der Waals surface area contributed by atoms with Gasteiger partial charge in [0, 0.05) is 11.1 Å². The Labute approximate surface area is 122 Å². The second kappa shape index (κ2) is 6.20. The van der Waals surface area contributed by atoms with Crippen LogP contribution < -0.4 is 16.0 Å². The fourth-order valence-electron chi connectivity index (χ4n) is 2.29. The predicted molar refractivity (Wildman–Crippen MR) is 78.0 cm³/mol. The molecule has 0 heterocycles. The van der Waals surface area contributed by atoms with Crippen LogP contribution in [0.4, 0.5) is 8.78 Å². The summed E-state index contributed by atoms with van der Waals surface area (Å²) in [6, 6.07) is 7.83. The molecule has 2 aromatic rings. The molecule has 3 nitrogen and oxygen atoms in total. The predicted octanol–water partition coefficient (Wildman–Crippen LogP) is 3.14. The van der Waals surface area contributed by atoms with Gasteiger partial charge in [0.05, 0.1) is 13.2 Å². The SMILES string of the molecule is COc1cc(C)ccc1C(NN)c1ccc(C)c(F)c1F. The van der Waals surface area contributed by atoms with Gasteiger partial charge in [-0.3, -0.25) is 5.84 Å². The lowest BCUT2D eigenvalue weighted by atomic mass is 9.96. The highest BCUT2D eigenvalue weighted by Gasteiger charge is 2.23. The molecule has 0 aliphatic heterocycles. The molecular formula is C16H18F2N2O. The quantitative estimate of drug-likeness (QED) is 0.672. The number of hydrogen-bond donors (Lipinski definition) is 2. The number of halogens is 2. The van der Waals surface area contributed by atoms with Crippen molar-refractivity contribution >= 4 is 0 Å². The lowest BCUT2D eigenvalue weighted by Gasteiger charge is -2.21. The topological polar surface area (TPSA) is 47.3 Å². The molecule has 0 aromatic heterocycles. The first-order valence-electron chi connectivity index (χ1n) is 6.54. The molecule has 0 bridgehead atoms. The van der Waals surface area contributed by atoms with Crippen molar-refractivity contribution < 1.29 is 13.5 Å². The second-order valence-corrected chi connectivity index (χ2v) is 4.94. The Morgan fingerprint density at radius 2 is 1.71 bits per heavy atom. The maximum absolute atomic E-state index is 14.2. The van der Waals surface area contributed by atoms with E-state index in [1.807, 2.05) is 19.1 Å². The van der Waals surface area contributed by atoms with Gasteiger partial charge in [-0.25, -0.2) is 14.2 Å². The number of hydrogen-bond acceptors (Lipinski definition) is 3. The molecule has 3 N–H and O–H groups in total. The van der Waals surface area contributed by atoms with Gasteiger partial charge in [-0.05, 0) is 31.0 Å². The van der Waals surface area contributed by atoms with E-state index < -0.39 is 17.7 Å². The Balaban J connectivity index is 2.57. The highest BCUT2D eigenvalue weighted by atomic mass is 19.2. The van der Waals surface area contributed by atoms with Gasteiger partial charge in [-0.2, -0.15) is 0 Å². The molecule has 1 atom stereocenters. The second-order valence-electron chi connectivity index (χ2n) is 4.94. The zero-order valence-electron chi connectivity index (χ0n) is 12.2. The van der Waals surface area contributed by atoms with Crippen LogP contribution in [0.15, 0.2) is 30.3 Å². The smallest absolute Gasteiger partial charge is 0.164 e. The van der Waals surface area contributed by atoms with Gasteiger partial charge < -0.3 is 4.74 Å². The zero-order valence-corrected chi connectivity index (χ0v) is 12.2. The molecule has 0 aliphatic rings. The number of methoxy groups -OCH3 is 1. The van der Waals surface area contributed by atoms with Gasteiger partial charge in [0.25, 0.3) is 0 Å². The molecule has 21 heavy (non-hydrogen) atoms. The highest BCUT2D eigenvalue weighted by molar-refractivity contribution is 5.44. The molecule has 0 saturated heterocycles. The lowest BCUT2D eigenvalue weighted by Crippen LogP contribution is -2.30. The summed E-state index contributed by atoms with van der Waals surface area (Å²) >= 11 is 0. The summed E-state index contributed by atoms with van der Waals surface area (Å²) in [5.41, 5.74) is 4.57. The molecule has 5 heteroatoms. The fourth-order valence-corrected chi connectivity index (χ4v) is 2.29. The number of ether oxygens (including phenoxy) is 1. The van der Waals surface area contributed by atoms with Gasteiger partial charge in [0.15, 0.2) is 11.6 Å². The molecule has 2 aromatic carbocycles. The Kier molecular flexibility index (Phi) is 4.55. The Hall–Kier alpha value is -1.98. The van der Waals surface area contributed by atoms with E-state index in [0.29, 0.717) is 11.3 Å². The lowest BCUT2D eigenvalue weighted by molar-refractivity contribution is 0.402. The highest BCUT2D eigenvalue weighted by Crippen LogP contribution is 2.32. The van der Waals surface area contributed by atoms with Crippen molar-refractivity contribution in [3.05, 3.63) is 64.2 Å². The van der Waals surface area contributed by atoms with E-state index in [1.54, 1.807) is 6.07 Å². The summed E-state index contributed by atoms with van der Waals surface area (Å²) in [6.07, 6.45) is 0. The third kappa shape index (κ3) is 2.89. The van der Waals surface area contributed by atoms with Gasteiger partial charge in [-0.1, -0.05) is 24.3 Å². The fraction of sp³-hybridized carbons (Fsp3) is 0.250. The first kappa shape index (κ1) is 15.4. The van der Waals surface area contributed by atoms with E-state index in [2.05, 4.69) is 5.43 Å². The van der Waals surface area contributed by atoms with Crippen molar-refractivity contribution in [1.82, 2.24) is 5.43 Å². The first-order chi connectivity index (χ1) is 9.99. The number of benzene rings is 2. The Bertz CT molecular complexity index is 659. The van der Waals surface area contributed by atoms with Crippen molar-refractivity contribution in [2.75, 3.05) is 7.11 Å². The molecular weight excluding hydrogens is 274 g/mol. The van der Waals surface area contributed by atoms with Crippen molar-refractivity contribution in [2.24, 2.45) is 5.84 Å². The normalized spacial score (nSPS) is 12.3. The zero-order chi connectivity index (χ0) is 15.6. The summed E-state index contributed by atoms with van der Waals surface area (Å²) in [6.45, 7) is 3.43. The maximum atomic E-state index is 14.2. The van der Waals surface area contributed by atoms with Crippen molar-refractivity contribution in [1.29, 1.82) is 0 Å². The molecule has 0 spiro atoms. The van der Waals surface area contributed by atoms with E-state index in [9.17, 15) is 8.78 Å². The molecule has 0 amide bonds. The van der Waals surface area contributed by atoms with Gasteiger partial charge in [0.2, 0.25) is 0 Å². The summed E-state index contributed by atoms with van der Waals surface area (Å²) < 4.78 is 33.3. The van der Waals surface area contributed by atoms with E-state index in [4.69, 9.17) is 10.6 Å². The molecule has 0 saturated carbocycles. The van der Waals surface area contributed by atoms with Gasteiger partial charge >= 0.3 is 0 Å². The van der Waals surface area contributed by atoms with Gasteiger partial charge in [0.1, 0.15) is 5.75 Å². The minimum absolute atomic E-state index is 0.141. The van der Waals surface area contributed by atoms with Crippen LogP contribution in [-0.2, 0) is 0 Å². The molecule has 1 unspecified atom stereocenters. The number of nitrogens with two attached hydrogens (primary N) is 1. The van der Waals surface area contributed by atoms with Crippen molar-refractivity contribution in [2.45, 2.75) is 19.9 Å². The van der Waals surface area contributed by atoms with E-state index in [-0.39, 0.29) is 11.1 Å². The molecule has 0 aliphatic carbocycles. The summed E-state index contributed by atoms with van der Waals surface area (Å²) in [5, 5.41) is 0. The van der Waals surface area contributed by atoms with Crippen LogP contribution in [-0.4, -0.2) is 7.11 Å². The summed E-state index contributed by atoms with van der Waals surface area (Å²) in [5.74, 6) is 4.36. The van der Waals surface area contributed by atoms with Crippen LogP contribution in [0.5, 0.6) is 5.75 Å². The van der Waals surface area contributed by atoms with Crippen LogP contribution in [0.25, 0.3) is 0 Å². The van der Waals surface area contributed by atoms with Crippen molar-refractivity contribution in [3.63, 3.8) is 0 Å². The Morgan fingerprint density at radius 3 is 2.33 bits per heavy atom. The number of rotatable bonds is 4. The molecule has 2 rings (SSSR count). The third-order valence-corrected chi connectivity index (χ3v) is 3.48. The number of aryl methyl sites for hydroxylation is 2. The minimum Gasteiger partial charge on any atom is -0.496 e. The molecule has 0 radical (unpaired) electrons. The van der Waals surface area contributed by atoms with Crippen LogP contribution in [0.1, 0.15) is 28.3 Å². The van der Waals surface area contributed by atoms with Crippen LogP contribution >= 0.6 is 0 Å². The maximum Gasteiger partial charge on any atom is 0.164 e. The standard InChI is InChI=1S/C16H18F2N2O/c1-9-4-6-11(13(8-9)21-3)16(20-19)12-7-5-10(2)14(17)15(12)18/h4-8,16,20H,19H2,1-3H3. The monoisotopic (exact) mass is 292 g/mol. The summed E-state index contributed by atoms with van der Waals surface area (Å²) in [7, 11) is 1.53. The van der Waals surface area contributed by atoms with Crippen molar-refractivity contribution in [3.8, 4) is 5.75 Å². The van der Waals surface area contributed by atoms with Crippen LogP contribution in [0.3, 0.4) is 0 Å². The van der Waals surface area contributed by atoms with E-state index in [0.717, 1.165) is 5.56 Å². The van der Waals surface area contributed by atoms with Gasteiger partial charge in [-0.15, -0.1) is 0 Å². The van der Waals surface area contributed by atoms with Crippen LogP contribution in [0.2, 0.25) is 0 Å². The average Bonchev–Trinajstić information content (AvgIpc) is 2.48. The average molecular weight is 292 g/mol. The number of nitrogens with one attached hydrogen (secondary N) is 1. The molecule has 112 valence electrons.